The summed E-state index contributed by atoms with van der Waals surface area (Å²) in [6, 6.07) is 15.3. The summed E-state index contributed by atoms with van der Waals surface area (Å²) >= 11 is 1.58. The van der Waals surface area contributed by atoms with Crippen LogP contribution in [0.4, 0.5) is 5.69 Å². The highest BCUT2D eigenvalue weighted by Gasteiger charge is 2.42. The molecule has 0 aromatic heterocycles. The van der Waals surface area contributed by atoms with E-state index in [9.17, 15) is 0 Å². The highest BCUT2D eigenvalue weighted by atomic mass is 32.2. The van der Waals surface area contributed by atoms with Crippen molar-refractivity contribution in [2.75, 3.05) is 4.90 Å². The second-order valence-corrected chi connectivity index (χ2v) is 8.88. The fraction of sp³-hybridized carbons (Fsp3) is 0.318. The number of rotatable bonds is 2. The Bertz CT molecular complexity index is 953. The van der Waals surface area contributed by atoms with E-state index in [1.54, 1.807) is 11.8 Å². The molecule has 0 radical (unpaired) electrons. The van der Waals surface area contributed by atoms with Crippen LogP contribution in [0.15, 0.2) is 58.2 Å². The van der Waals surface area contributed by atoms with Crippen LogP contribution in [0.25, 0.3) is 0 Å². The molecule has 0 saturated heterocycles. The van der Waals surface area contributed by atoms with Crippen molar-refractivity contribution in [1.82, 2.24) is 4.90 Å². The summed E-state index contributed by atoms with van der Waals surface area (Å²) in [5.41, 5.74) is 20.6. The molecule has 3 aliphatic rings. The van der Waals surface area contributed by atoms with Gasteiger partial charge in [0.1, 0.15) is 16.7 Å². The average molecular weight is 392 g/mol. The first kappa shape index (κ1) is 17.8. The van der Waals surface area contributed by atoms with Crippen LogP contribution < -0.4 is 16.4 Å². The lowest BCUT2D eigenvalue weighted by molar-refractivity contribution is 0.270. The lowest BCUT2D eigenvalue weighted by Gasteiger charge is -2.39. The maximum absolute atomic E-state index is 6.84. The van der Waals surface area contributed by atoms with Gasteiger partial charge in [-0.15, -0.1) is 0 Å². The van der Waals surface area contributed by atoms with Gasteiger partial charge in [0.05, 0.1) is 12.0 Å². The van der Waals surface area contributed by atoms with Gasteiger partial charge in [0.25, 0.3) is 0 Å². The summed E-state index contributed by atoms with van der Waals surface area (Å²) in [7, 11) is 0. The number of aliphatic imine (C=N–C) groups is 1. The number of aryl methyl sites for hydroxylation is 2. The summed E-state index contributed by atoms with van der Waals surface area (Å²) in [6.07, 6.45) is 3.67. The van der Waals surface area contributed by atoms with Crippen LogP contribution in [0, 0.1) is 13.8 Å². The molecule has 2 aliphatic heterocycles. The molecule has 2 heterocycles. The number of nitrogens with two attached hydrogens (primary N) is 2. The van der Waals surface area contributed by atoms with Crippen molar-refractivity contribution >= 4 is 23.8 Å². The molecule has 6 heteroatoms. The Kier molecular flexibility index (Phi) is 4.23. The number of thioether (sulfide) groups is 1. The predicted octanol–water partition coefficient (Wildman–Crippen LogP) is 3.06. The van der Waals surface area contributed by atoms with E-state index in [-0.39, 0.29) is 11.7 Å². The number of hydrogen-bond acceptors (Lipinski definition) is 6. The van der Waals surface area contributed by atoms with Gasteiger partial charge >= 0.3 is 0 Å². The van der Waals surface area contributed by atoms with Gasteiger partial charge in [0.15, 0.2) is 0 Å². The van der Waals surface area contributed by atoms with Crippen molar-refractivity contribution in [3.05, 3.63) is 75.4 Å². The Hall–Kier alpha value is -2.28. The minimum absolute atomic E-state index is 0.214. The fourth-order valence-corrected chi connectivity index (χ4v) is 5.67. The molecule has 2 aromatic rings. The number of benzene rings is 2. The summed E-state index contributed by atoms with van der Waals surface area (Å²) in [4.78, 5) is 9.17. The van der Waals surface area contributed by atoms with Crippen LogP contribution in [0.2, 0.25) is 0 Å². The standard InChI is InChI=1S/C22H25N5S/c1-13-6-5-7-14(2)18(13)27-19-20(23)26(12-25-21(19)28-22(27)24)17-10-15-8-3-4-9-16(15)11-17/h3-9,12,17,20,22H,10-11,23-24H2,1-2H3. The Morgan fingerprint density at radius 1 is 0.964 bits per heavy atom. The van der Waals surface area contributed by atoms with Gasteiger partial charge in [-0.1, -0.05) is 54.2 Å². The molecule has 144 valence electrons. The Labute approximate surface area is 170 Å². The smallest absolute Gasteiger partial charge is 0.136 e. The topological polar surface area (TPSA) is 70.9 Å². The second kappa shape index (κ2) is 6.65. The first-order chi connectivity index (χ1) is 13.5. The van der Waals surface area contributed by atoms with Gasteiger partial charge in [-0.05, 0) is 48.9 Å². The molecule has 28 heavy (non-hydrogen) atoms. The molecular weight excluding hydrogens is 366 g/mol. The van der Waals surface area contributed by atoms with Gasteiger partial charge < -0.3 is 21.3 Å². The summed E-state index contributed by atoms with van der Waals surface area (Å²) in [5, 5.41) is 0.939. The second-order valence-electron chi connectivity index (χ2n) is 7.78. The molecule has 4 N–H and O–H groups in total. The Morgan fingerprint density at radius 3 is 2.25 bits per heavy atom. The van der Waals surface area contributed by atoms with Gasteiger partial charge in [0, 0.05) is 11.7 Å². The van der Waals surface area contributed by atoms with Crippen LogP contribution >= 0.6 is 11.8 Å². The molecule has 2 atom stereocenters. The molecule has 0 saturated carbocycles. The fourth-order valence-electron chi connectivity index (χ4n) is 4.67. The number of para-hydroxylation sites is 1. The molecule has 0 spiro atoms. The number of anilines is 1. The molecule has 5 nitrogen and oxygen atoms in total. The largest absolute Gasteiger partial charge is 0.338 e. The first-order valence-electron chi connectivity index (χ1n) is 9.70. The first-order valence-corrected chi connectivity index (χ1v) is 10.6. The van der Waals surface area contributed by atoms with Crippen LogP contribution in [-0.2, 0) is 12.8 Å². The maximum Gasteiger partial charge on any atom is 0.136 e. The van der Waals surface area contributed by atoms with E-state index >= 15 is 0 Å². The van der Waals surface area contributed by atoms with Crippen molar-refractivity contribution < 1.29 is 0 Å². The van der Waals surface area contributed by atoms with Crippen LogP contribution in [0.5, 0.6) is 0 Å². The minimum Gasteiger partial charge on any atom is -0.338 e. The van der Waals surface area contributed by atoms with E-state index in [0.717, 1.165) is 29.3 Å². The van der Waals surface area contributed by atoms with Crippen molar-refractivity contribution in [2.24, 2.45) is 16.5 Å². The third kappa shape index (κ3) is 2.67. The summed E-state index contributed by atoms with van der Waals surface area (Å²) in [5.74, 6) is 0. The third-order valence-electron chi connectivity index (χ3n) is 6.01. The molecule has 5 rings (SSSR count). The van der Waals surface area contributed by atoms with E-state index in [4.69, 9.17) is 16.5 Å². The molecule has 2 aromatic carbocycles. The van der Waals surface area contributed by atoms with Gasteiger partial charge in [0.2, 0.25) is 0 Å². The van der Waals surface area contributed by atoms with Crippen LogP contribution in [0.3, 0.4) is 0 Å². The molecule has 0 fully saturated rings. The highest BCUT2D eigenvalue weighted by molar-refractivity contribution is 8.04. The quantitative estimate of drug-likeness (QED) is 0.823. The molecule has 0 bridgehead atoms. The van der Waals surface area contributed by atoms with E-state index in [0.29, 0.717) is 6.04 Å². The van der Waals surface area contributed by atoms with E-state index in [1.807, 2.05) is 6.34 Å². The van der Waals surface area contributed by atoms with Crippen molar-refractivity contribution in [3.8, 4) is 0 Å². The van der Waals surface area contributed by atoms with Crippen molar-refractivity contribution in [1.29, 1.82) is 0 Å². The number of hydrogen-bond donors (Lipinski definition) is 2. The monoisotopic (exact) mass is 391 g/mol. The van der Waals surface area contributed by atoms with E-state index in [1.165, 1.54) is 22.3 Å². The normalized spacial score (nSPS) is 24.1. The zero-order valence-corrected chi connectivity index (χ0v) is 17.0. The molecule has 0 amide bonds. The molecule has 1 aliphatic carbocycles. The van der Waals surface area contributed by atoms with Crippen LogP contribution in [-0.4, -0.2) is 28.9 Å². The minimum atomic E-state index is -0.258. The van der Waals surface area contributed by atoms with Crippen molar-refractivity contribution in [3.63, 3.8) is 0 Å². The molecular formula is C22H25N5S. The average Bonchev–Trinajstić information content (AvgIpc) is 3.23. The molecule has 2 unspecified atom stereocenters. The Morgan fingerprint density at radius 2 is 1.61 bits per heavy atom. The van der Waals surface area contributed by atoms with E-state index < -0.39 is 0 Å². The van der Waals surface area contributed by atoms with Gasteiger partial charge in [-0.3, -0.25) is 0 Å². The predicted molar refractivity (Wildman–Crippen MR) is 117 cm³/mol. The highest BCUT2D eigenvalue weighted by Crippen LogP contribution is 2.45. The van der Waals surface area contributed by atoms with Crippen molar-refractivity contribution in [2.45, 2.75) is 44.4 Å². The van der Waals surface area contributed by atoms with E-state index in [2.05, 4.69) is 66.1 Å². The van der Waals surface area contributed by atoms with Crippen LogP contribution in [0.1, 0.15) is 22.3 Å². The zero-order chi connectivity index (χ0) is 19.4. The number of nitrogens with zero attached hydrogens (tertiary/aromatic N) is 3. The summed E-state index contributed by atoms with van der Waals surface area (Å²) in [6.45, 7) is 4.25. The van der Waals surface area contributed by atoms with Gasteiger partial charge in [-0.2, -0.15) is 0 Å². The number of fused-ring (bicyclic) bond motifs is 1. The zero-order valence-electron chi connectivity index (χ0n) is 16.2. The van der Waals surface area contributed by atoms with Gasteiger partial charge in [-0.25, -0.2) is 4.99 Å². The maximum atomic E-state index is 6.84. The lowest BCUT2D eigenvalue weighted by atomic mass is 10.1. The SMILES string of the molecule is Cc1cccc(C)c1N1C2=C(N=CN(C3Cc4ccccc4C3)C2N)SC1N. The third-order valence-corrected chi connectivity index (χ3v) is 7.00. The summed E-state index contributed by atoms with van der Waals surface area (Å²) < 4.78 is 0. The Balaban J connectivity index is 1.49. The lowest BCUT2D eigenvalue weighted by Crippen LogP contribution is -2.54.